The first kappa shape index (κ1) is 14.8. The molecule has 0 aliphatic rings. The normalized spacial score (nSPS) is 12.5. The van der Waals surface area contributed by atoms with Crippen molar-refractivity contribution in [3.63, 3.8) is 0 Å². The second-order valence-corrected chi connectivity index (χ2v) is 5.42. The average Bonchev–Trinajstić information content (AvgIpc) is 2.30. The van der Waals surface area contributed by atoms with Crippen molar-refractivity contribution >= 4 is 17.5 Å². The first-order valence-electron chi connectivity index (χ1n) is 6.19. The molecule has 18 heavy (non-hydrogen) atoms. The minimum absolute atomic E-state index is 0.0129. The third-order valence-corrected chi connectivity index (χ3v) is 3.07. The number of aromatic hydroxyl groups is 1. The van der Waals surface area contributed by atoms with E-state index in [1.54, 1.807) is 6.07 Å². The molecule has 1 atom stereocenters. The summed E-state index contributed by atoms with van der Waals surface area (Å²) < 4.78 is 0. The Balaban J connectivity index is 2.56. The van der Waals surface area contributed by atoms with Crippen molar-refractivity contribution < 1.29 is 9.90 Å². The van der Waals surface area contributed by atoms with Crippen LogP contribution in [0.5, 0.6) is 5.75 Å². The highest BCUT2D eigenvalue weighted by atomic mass is 35.5. The van der Waals surface area contributed by atoms with Crippen molar-refractivity contribution in [1.29, 1.82) is 0 Å². The van der Waals surface area contributed by atoms with Crippen molar-refractivity contribution in [2.45, 2.75) is 39.7 Å². The predicted molar refractivity (Wildman–Crippen MR) is 74.1 cm³/mol. The number of benzene rings is 1. The van der Waals surface area contributed by atoms with E-state index in [0.29, 0.717) is 11.5 Å². The van der Waals surface area contributed by atoms with Gasteiger partial charge in [-0.25, -0.2) is 0 Å². The third-order valence-electron chi connectivity index (χ3n) is 2.76. The third kappa shape index (κ3) is 4.57. The van der Waals surface area contributed by atoms with Crippen LogP contribution in [0.25, 0.3) is 0 Å². The van der Waals surface area contributed by atoms with E-state index in [9.17, 15) is 9.90 Å². The highest BCUT2D eigenvalue weighted by Crippen LogP contribution is 2.23. The predicted octanol–water partition coefficient (Wildman–Crippen LogP) is 3.60. The highest BCUT2D eigenvalue weighted by Gasteiger charge is 2.11. The van der Waals surface area contributed by atoms with Crippen LogP contribution in [0.3, 0.4) is 0 Å². The van der Waals surface area contributed by atoms with Crippen LogP contribution in [0.4, 0.5) is 0 Å². The molecule has 100 valence electrons. The van der Waals surface area contributed by atoms with E-state index in [-0.39, 0.29) is 22.7 Å². The summed E-state index contributed by atoms with van der Waals surface area (Å²) in [6, 6.07) is 4.59. The van der Waals surface area contributed by atoms with E-state index < -0.39 is 0 Å². The van der Waals surface area contributed by atoms with E-state index in [2.05, 4.69) is 19.2 Å². The Kier molecular flexibility index (Phi) is 5.48. The minimum atomic E-state index is -0.159. The topological polar surface area (TPSA) is 49.3 Å². The van der Waals surface area contributed by atoms with Crippen LogP contribution in [0, 0.1) is 5.92 Å². The van der Waals surface area contributed by atoms with Crippen LogP contribution < -0.4 is 5.32 Å². The van der Waals surface area contributed by atoms with Gasteiger partial charge in [0.15, 0.2) is 0 Å². The number of carbonyl (C=O) groups excluding carboxylic acids is 1. The Bertz CT molecular complexity index is 418. The average molecular weight is 270 g/mol. The summed E-state index contributed by atoms with van der Waals surface area (Å²) in [6.45, 7) is 6.31. The molecule has 0 radical (unpaired) electrons. The lowest BCUT2D eigenvalue weighted by molar-refractivity contribution is 0.0937. The quantitative estimate of drug-likeness (QED) is 0.858. The van der Waals surface area contributed by atoms with E-state index >= 15 is 0 Å². The first-order chi connectivity index (χ1) is 8.40. The van der Waals surface area contributed by atoms with Gasteiger partial charge in [0.05, 0.1) is 5.02 Å². The maximum Gasteiger partial charge on any atom is 0.251 e. The highest BCUT2D eigenvalue weighted by molar-refractivity contribution is 6.32. The zero-order valence-corrected chi connectivity index (χ0v) is 11.8. The lowest BCUT2D eigenvalue weighted by atomic mass is 10.0. The van der Waals surface area contributed by atoms with Gasteiger partial charge in [-0.1, -0.05) is 25.4 Å². The van der Waals surface area contributed by atoms with Gasteiger partial charge in [0, 0.05) is 11.6 Å². The fraction of sp³-hybridized carbons (Fsp3) is 0.500. The van der Waals surface area contributed by atoms with Gasteiger partial charge in [0.2, 0.25) is 0 Å². The monoisotopic (exact) mass is 269 g/mol. The Morgan fingerprint density at radius 2 is 2.00 bits per heavy atom. The van der Waals surface area contributed by atoms with Gasteiger partial charge in [-0.3, -0.25) is 4.79 Å². The molecule has 0 bridgehead atoms. The molecule has 1 amide bonds. The summed E-state index contributed by atoms with van der Waals surface area (Å²) in [5.41, 5.74) is 0.467. The van der Waals surface area contributed by atoms with Crippen LogP contribution in [-0.2, 0) is 0 Å². The van der Waals surface area contributed by atoms with Crippen molar-refractivity contribution in [1.82, 2.24) is 5.32 Å². The molecule has 2 N–H and O–H groups in total. The molecule has 4 heteroatoms. The molecule has 0 saturated heterocycles. The Hall–Kier alpha value is -1.22. The molecule has 0 unspecified atom stereocenters. The van der Waals surface area contributed by atoms with Crippen LogP contribution in [0.15, 0.2) is 18.2 Å². The second-order valence-electron chi connectivity index (χ2n) is 5.01. The molecule has 0 saturated carbocycles. The lowest BCUT2D eigenvalue weighted by Crippen LogP contribution is -2.32. The Labute approximate surface area is 113 Å². The fourth-order valence-corrected chi connectivity index (χ4v) is 1.79. The zero-order chi connectivity index (χ0) is 13.7. The molecule has 0 aliphatic carbocycles. The maximum absolute atomic E-state index is 11.9. The van der Waals surface area contributed by atoms with Gasteiger partial charge < -0.3 is 10.4 Å². The molecular formula is C14H20ClNO2. The van der Waals surface area contributed by atoms with Gasteiger partial charge in [-0.05, 0) is 43.9 Å². The summed E-state index contributed by atoms with van der Waals surface area (Å²) in [4.78, 5) is 11.9. The number of nitrogens with one attached hydrogen (secondary N) is 1. The molecule has 0 fully saturated rings. The largest absolute Gasteiger partial charge is 0.506 e. The first-order valence-corrected chi connectivity index (χ1v) is 6.57. The van der Waals surface area contributed by atoms with Gasteiger partial charge >= 0.3 is 0 Å². The molecule has 0 heterocycles. The maximum atomic E-state index is 11.9. The van der Waals surface area contributed by atoms with Crippen LogP contribution in [-0.4, -0.2) is 17.1 Å². The molecule has 1 aromatic carbocycles. The number of carbonyl (C=O) groups is 1. The Morgan fingerprint density at radius 3 is 2.56 bits per heavy atom. The number of amides is 1. The molecule has 3 nitrogen and oxygen atoms in total. The van der Waals surface area contributed by atoms with Crippen molar-refractivity contribution in [2.75, 3.05) is 0 Å². The number of hydrogen-bond acceptors (Lipinski definition) is 2. The smallest absolute Gasteiger partial charge is 0.251 e. The molecule has 1 rings (SSSR count). The summed E-state index contributed by atoms with van der Waals surface area (Å²) in [5.74, 6) is 0.460. The van der Waals surface area contributed by atoms with Crippen LogP contribution in [0.2, 0.25) is 5.02 Å². The summed E-state index contributed by atoms with van der Waals surface area (Å²) in [6.07, 6.45) is 2.03. The zero-order valence-electron chi connectivity index (χ0n) is 11.0. The van der Waals surface area contributed by atoms with E-state index in [1.165, 1.54) is 12.1 Å². The molecule has 0 aromatic heterocycles. The van der Waals surface area contributed by atoms with E-state index in [1.807, 2.05) is 6.92 Å². The number of hydrogen-bond donors (Lipinski definition) is 2. The summed E-state index contributed by atoms with van der Waals surface area (Å²) in [7, 11) is 0. The van der Waals surface area contributed by atoms with Crippen molar-refractivity contribution in [3.8, 4) is 5.75 Å². The molecule has 0 spiro atoms. The number of phenols is 1. The second kappa shape index (κ2) is 6.64. The minimum Gasteiger partial charge on any atom is -0.506 e. The van der Waals surface area contributed by atoms with Crippen LogP contribution in [0.1, 0.15) is 44.0 Å². The standard InChI is InChI=1S/C14H20ClNO2/c1-9(2)4-5-10(3)16-14(18)11-6-7-13(17)12(15)8-11/h6-10,17H,4-5H2,1-3H3,(H,16,18)/t10-/m1/s1. The van der Waals surface area contributed by atoms with Crippen LogP contribution >= 0.6 is 11.6 Å². The van der Waals surface area contributed by atoms with Gasteiger partial charge in [0.1, 0.15) is 5.75 Å². The fourth-order valence-electron chi connectivity index (χ4n) is 1.61. The number of halogens is 1. The van der Waals surface area contributed by atoms with Gasteiger partial charge in [-0.2, -0.15) is 0 Å². The number of rotatable bonds is 5. The SMILES string of the molecule is CC(C)CC[C@@H](C)NC(=O)c1ccc(O)c(Cl)c1. The number of phenolic OH excluding ortho intramolecular Hbond substituents is 1. The molecular weight excluding hydrogens is 250 g/mol. The van der Waals surface area contributed by atoms with Crippen molar-refractivity contribution in [3.05, 3.63) is 28.8 Å². The van der Waals surface area contributed by atoms with Gasteiger partial charge in [-0.15, -0.1) is 0 Å². The van der Waals surface area contributed by atoms with E-state index in [4.69, 9.17) is 11.6 Å². The summed E-state index contributed by atoms with van der Waals surface area (Å²) >= 11 is 5.77. The summed E-state index contributed by atoms with van der Waals surface area (Å²) in [5, 5.41) is 12.4. The Morgan fingerprint density at radius 1 is 1.33 bits per heavy atom. The van der Waals surface area contributed by atoms with Crippen molar-refractivity contribution in [2.24, 2.45) is 5.92 Å². The van der Waals surface area contributed by atoms with Gasteiger partial charge in [0.25, 0.3) is 5.91 Å². The molecule has 1 aromatic rings. The van der Waals surface area contributed by atoms with E-state index in [0.717, 1.165) is 12.8 Å². The lowest BCUT2D eigenvalue weighted by Gasteiger charge is -2.15. The molecule has 0 aliphatic heterocycles.